The maximum absolute atomic E-state index is 10.7. The molecule has 1 rings (SSSR count). The fourth-order valence-electron chi connectivity index (χ4n) is 1.05. The van der Waals surface area contributed by atoms with Crippen molar-refractivity contribution in [2.75, 3.05) is 14.2 Å². The lowest BCUT2D eigenvalue weighted by Crippen LogP contribution is -2.16. The molecular weight excluding hydrogens is 248 g/mol. The lowest BCUT2D eigenvalue weighted by atomic mass is 10.2. The van der Waals surface area contributed by atoms with Crippen molar-refractivity contribution in [1.29, 1.82) is 0 Å². The Hall–Kier alpha value is -1.95. The van der Waals surface area contributed by atoms with Crippen molar-refractivity contribution in [3.63, 3.8) is 0 Å². The summed E-state index contributed by atoms with van der Waals surface area (Å²) in [5.74, 6) is 0.101. The Morgan fingerprint density at radius 2 is 2.24 bits per heavy atom. The number of carbonyl (C=O) groups is 1. The van der Waals surface area contributed by atoms with Gasteiger partial charge in [-0.1, -0.05) is 11.6 Å². The summed E-state index contributed by atoms with van der Waals surface area (Å²) >= 11 is 5.80. The number of hydrazone groups is 1. The number of nitrogens with zero attached hydrogens (tertiary/aromatic N) is 1. The van der Waals surface area contributed by atoms with Gasteiger partial charge in [-0.05, 0) is 6.07 Å². The molecule has 0 radical (unpaired) electrons. The summed E-state index contributed by atoms with van der Waals surface area (Å²) in [4.78, 5) is 10.7. The van der Waals surface area contributed by atoms with E-state index in [-0.39, 0.29) is 11.5 Å². The Kier molecular flexibility index (Phi) is 4.59. The number of hydrogen-bond donors (Lipinski definition) is 2. The molecule has 6 nitrogen and oxygen atoms in total. The molecule has 92 valence electrons. The van der Waals surface area contributed by atoms with Gasteiger partial charge in [0.1, 0.15) is 0 Å². The molecular formula is C10H11ClN2O4. The molecule has 0 atom stereocenters. The van der Waals surface area contributed by atoms with Gasteiger partial charge in [-0.2, -0.15) is 5.10 Å². The number of carbonyl (C=O) groups excluding carboxylic acids is 1. The summed E-state index contributed by atoms with van der Waals surface area (Å²) < 4.78 is 9.22. The SMILES string of the molecule is COC(=O)NN=Cc1cc(Cl)cc(OC)c1O. The molecule has 0 unspecified atom stereocenters. The first-order chi connectivity index (χ1) is 8.08. The van der Waals surface area contributed by atoms with Gasteiger partial charge < -0.3 is 14.6 Å². The van der Waals surface area contributed by atoms with Gasteiger partial charge in [0.25, 0.3) is 0 Å². The van der Waals surface area contributed by atoms with E-state index in [1.807, 2.05) is 0 Å². The smallest absolute Gasteiger partial charge is 0.427 e. The number of nitrogens with one attached hydrogen (secondary N) is 1. The molecule has 0 aliphatic heterocycles. The van der Waals surface area contributed by atoms with Crippen LogP contribution >= 0.6 is 11.6 Å². The number of rotatable bonds is 3. The molecule has 0 fully saturated rings. The second-order valence-electron chi connectivity index (χ2n) is 2.91. The summed E-state index contributed by atoms with van der Waals surface area (Å²) in [5.41, 5.74) is 2.39. The highest BCUT2D eigenvalue weighted by Gasteiger charge is 2.08. The molecule has 0 saturated heterocycles. The van der Waals surface area contributed by atoms with Crippen LogP contribution in [-0.2, 0) is 4.74 Å². The van der Waals surface area contributed by atoms with E-state index in [9.17, 15) is 9.90 Å². The predicted molar refractivity (Wildman–Crippen MR) is 62.8 cm³/mol. The zero-order chi connectivity index (χ0) is 12.8. The van der Waals surface area contributed by atoms with Crippen LogP contribution in [0.5, 0.6) is 11.5 Å². The summed E-state index contributed by atoms with van der Waals surface area (Å²) in [6.45, 7) is 0. The Morgan fingerprint density at radius 3 is 2.82 bits per heavy atom. The van der Waals surface area contributed by atoms with Crippen molar-refractivity contribution in [2.45, 2.75) is 0 Å². The van der Waals surface area contributed by atoms with Gasteiger partial charge in [-0.25, -0.2) is 10.2 Å². The molecule has 1 amide bonds. The van der Waals surface area contributed by atoms with Crippen molar-refractivity contribution in [3.05, 3.63) is 22.7 Å². The van der Waals surface area contributed by atoms with Gasteiger partial charge >= 0.3 is 6.09 Å². The molecule has 2 N–H and O–H groups in total. The standard InChI is InChI=1S/C10H11ClN2O4/c1-16-8-4-7(11)3-6(9(8)14)5-12-13-10(15)17-2/h3-5,14H,1-2H3,(H,13,15). The lowest BCUT2D eigenvalue weighted by Gasteiger charge is -2.06. The first kappa shape index (κ1) is 13.1. The fourth-order valence-corrected chi connectivity index (χ4v) is 1.27. The molecule has 0 spiro atoms. The molecule has 1 aromatic carbocycles. The third kappa shape index (κ3) is 3.53. The van der Waals surface area contributed by atoms with E-state index >= 15 is 0 Å². The minimum absolute atomic E-state index is 0.118. The van der Waals surface area contributed by atoms with Crippen molar-refractivity contribution in [3.8, 4) is 11.5 Å². The van der Waals surface area contributed by atoms with Gasteiger partial charge in [-0.15, -0.1) is 0 Å². The van der Waals surface area contributed by atoms with Crippen LogP contribution in [0.25, 0.3) is 0 Å². The molecule has 7 heteroatoms. The topological polar surface area (TPSA) is 80.2 Å². The quantitative estimate of drug-likeness (QED) is 0.639. The van der Waals surface area contributed by atoms with Gasteiger partial charge in [0.15, 0.2) is 11.5 Å². The van der Waals surface area contributed by atoms with E-state index in [0.29, 0.717) is 10.6 Å². The highest BCUT2D eigenvalue weighted by Crippen LogP contribution is 2.32. The second-order valence-corrected chi connectivity index (χ2v) is 3.34. The molecule has 0 bridgehead atoms. The van der Waals surface area contributed by atoms with E-state index in [1.165, 1.54) is 32.6 Å². The van der Waals surface area contributed by atoms with Crippen LogP contribution in [0.4, 0.5) is 4.79 Å². The van der Waals surface area contributed by atoms with Crippen LogP contribution in [0.3, 0.4) is 0 Å². The maximum Gasteiger partial charge on any atom is 0.427 e. The number of amides is 1. The van der Waals surface area contributed by atoms with Crippen LogP contribution in [0.1, 0.15) is 5.56 Å². The van der Waals surface area contributed by atoms with E-state index in [2.05, 4.69) is 15.3 Å². The number of benzene rings is 1. The largest absolute Gasteiger partial charge is 0.504 e. The van der Waals surface area contributed by atoms with Crippen LogP contribution in [0, 0.1) is 0 Å². The highest BCUT2D eigenvalue weighted by atomic mass is 35.5. The first-order valence-corrected chi connectivity index (χ1v) is 4.89. The third-order valence-electron chi connectivity index (χ3n) is 1.83. The predicted octanol–water partition coefficient (Wildman–Crippen LogP) is 1.74. The number of phenolic OH excluding ortho intramolecular Hbond substituents is 1. The average molecular weight is 259 g/mol. The van der Waals surface area contributed by atoms with Crippen molar-refractivity contribution in [2.24, 2.45) is 5.10 Å². The van der Waals surface area contributed by atoms with Crippen LogP contribution in [-0.4, -0.2) is 31.6 Å². The zero-order valence-electron chi connectivity index (χ0n) is 9.23. The molecule has 0 saturated carbocycles. The molecule has 0 aliphatic rings. The van der Waals surface area contributed by atoms with E-state index in [4.69, 9.17) is 16.3 Å². The van der Waals surface area contributed by atoms with Gasteiger partial charge in [0.05, 0.1) is 20.4 Å². The summed E-state index contributed by atoms with van der Waals surface area (Å²) in [7, 11) is 2.61. The highest BCUT2D eigenvalue weighted by molar-refractivity contribution is 6.31. The third-order valence-corrected chi connectivity index (χ3v) is 2.05. The number of phenols is 1. The maximum atomic E-state index is 10.7. The Morgan fingerprint density at radius 1 is 1.53 bits per heavy atom. The molecule has 1 aromatic rings. The average Bonchev–Trinajstić information content (AvgIpc) is 2.32. The number of aromatic hydroxyl groups is 1. The first-order valence-electron chi connectivity index (χ1n) is 4.52. The number of ether oxygens (including phenoxy) is 2. The minimum atomic E-state index is -0.713. The fraction of sp³-hybridized carbons (Fsp3) is 0.200. The van der Waals surface area contributed by atoms with Gasteiger partial charge in [-0.3, -0.25) is 0 Å². The van der Waals surface area contributed by atoms with E-state index in [0.717, 1.165) is 0 Å². The Bertz CT molecular complexity index is 448. The molecule has 17 heavy (non-hydrogen) atoms. The van der Waals surface area contributed by atoms with Gasteiger partial charge in [0, 0.05) is 16.7 Å². The number of methoxy groups -OCH3 is 2. The molecule has 0 heterocycles. The van der Waals surface area contributed by atoms with Crippen LogP contribution < -0.4 is 10.2 Å². The van der Waals surface area contributed by atoms with Crippen molar-refractivity contribution in [1.82, 2.24) is 5.43 Å². The summed E-state index contributed by atoms with van der Waals surface area (Å²) in [6.07, 6.45) is 0.510. The second kappa shape index (κ2) is 5.95. The summed E-state index contributed by atoms with van der Waals surface area (Å²) in [5, 5.41) is 13.7. The minimum Gasteiger partial charge on any atom is -0.504 e. The molecule has 0 aliphatic carbocycles. The number of hydrogen-bond acceptors (Lipinski definition) is 5. The van der Waals surface area contributed by atoms with Gasteiger partial charge in [0.2, 0.25) is 0 Å². The monoisotopic (exact) mass is 258 g/mol. The Balaban J connectivity index is 2.90. The number of halogens is 1. The van der Waals surface area contributed by atoms with E-state index < -0.39 is 6.09 Å². The normalized spacial score (nSPS) is 10.3. The Labute approximate surface area is 103 Å². The van der Waals surface area contributed by atoms with E-state index in [1.54, 1.807) is 0 Å². The van der Waals surface area contributed by atoms with Crippen LogP contribution in [0.15, 0.2) is 17.2 Å². The zero-order valence-corrected chi connectivity index (χ0v) is 9.99. The summed E-state index contributed by atoms with van der Waals surface area (Å²) in [6, 6.07) is 2.93. The van der Waals surface area contributed by atoms with Crippen molar-refractivity contribution >= 4 is 23.9 Å². The molecule has 0 aromatic heterocycles. The lowest BCUT2D eigenvalue weighted by molar-refractivity contribution is 0.171. The van der Waals surface area contributed by atoms with Crippen LogP contribution in [0.2, 0.25) is 5.02 Å². The van der Waals surface area contributed by atoms with Crippen molar-refractivity contribution < 1.29 is 19.4 Å².